The van der Waals surface area contributed by atoms with E-state index in [9.17, 15) is 4.79 Å². The molecule has 0 radical (unpaired) electrons. The highest BCUT2D eigenvalue weighted by Crippen LogP contribution is 2.18. The Kier molecular flexibility index (Phi) is 6.65. The molecule has 0 bridgehead atoms. The van der Waals surface area contributed by atoms with E-state index in [0.29, 0.717) is 30.9 Å². The normalized spacial score (nSPS) is 10.8. The molecule has 0 aliphatic rings. The van der Waals surface area contributed by atoms with Gasteiger partial charge in [0.25, 0.3) is 5.91 Å². The van der Waals surface area contributed by atoms with Crippen LogP contribution in [0.5, 0.6) is 5.75 Å². The molecular formula is C25H26N4O3. The van der Waals surface area contributed by atoms with Gasteiger partial charge in [-0.15, -0.1) is 0 Å². The highest BCUT2D eigenvalue weighted by molar-refractivity contribution is 5.94. The fourth-order valence-electron chi connectivity index (χ4n) is 3.45. The minimum atomic E-state index is -0.122. The number of carbonyl (C=O) groups excluding carboxylic acids is 1. The predicted molar refractivity (Wildman–Crippen MR) is 121 cm³/mol. The van der Waals surface area contributed by atoms with Gasteiger partial charge in [0.05, 0.1) is 11.3 Å². The number of hydrogen-bond acceptors (Lipinski definition) is 5. The summed E-state index contributed by atoms with van der Waals surface area (Å²) in [5.41, 5.74) is 3.56. The highest BCUT2D eigenvalue weighted by Gasteiger charge is 2.11. The van der Waals surface area contributed by atoms with Crippen molar-refractivity contribution in [2.45, 2.75) is 33.4 Å². The Morgan fingerprint density at radius 3 is 2.59 bits per heavy atom. The number of carbonyl (C=O) groups is 1. The van der Waals surface area contributed by atoms with Crippen LogP contribution < -0.4 is 10.1 Å². The van der Waals surface area contributed by atoms with Gasteiger partial charge in [-0.3, -0.25) is 4.79 Å². The second kappa shape index (κ2) is 9.96. The van der Waals surface area contributed by atoms with E-state index in [0.717, 1.165) is 29.4 Å². The number of ether oxygens (including phenoxy) is 1. The van der Waals surface area contributed by atoms with E-state index in [2.05, 4.69) is 32.2 Å². The Balaban J connectivity index is 1.26. The zero-order valence-corrected chi connectivity index (χ0v) is 18.2. The Morgan fingerprint density at radius 2 is 1.88 bits per heavy atom. The largest absolute Gasteiger partial charge is 0.489 e. The van der Waals surface area contributed by atoms with Gasteiger partial charge in [0, 0.05) is 37.5 Å². The second-order valence-electron chi connectivity index (χ2n) is 7.58. The molecule has 4 rings (SSSR count). The summed E-state index contributed by atoms with van der Waals surface area (Å²) >= 11 is 0. The third-order valence-corrected chi connectivity index (χ3v) is 5.31. The fraction of sp³-hybridized carbons (Fsp3) is 0.240. The topological polar surface area (TPSA) is 82.2 Å². The van der Waals surface area contributed by atoms with E-state index in [1.54, 1.807) is 30.5 Å². The Morgan fingerprint density at radius 1 is 1.09 bits per heavy atom. The van der Waals surface area contributed by atoms with Gasteiger partial charge in [-0.1, -0.05) is 35.5 Å². The Bertz CT molecular complexity index is 1140. The van der Waals surface area contributed by atoms with Crippen LogP contribution >= 0.6 is 0 Å². The van der Waals surface area contributed by atoms with Crippen molar-refractivity contribution in [3.05, 3.63) is 101 Å². The van der Waals surface area contributed by atoms with Gasteiger partial charge in [-0.2, -0.15) is 0 Å². The third kappa shape index (κ3) is 5.24. The summed E-state index contributed by atoms with van der Waals surface area (Å²) in [6, 6.07) is 17.3. The zero-order valence-electron chi connectivity index (χ0n) is 18.2. The van der Waals surface area contributed by atoms with Crippen molar-refractivity contribution >= 4 is 5.91 Å². The number of nitrogens with zero attached hydrogens (tertiary/aromatic N) is 3. The lowest BCUT2D eigenvalue weighted by molar-refractivity contribution is 0.0954. The molecule has 0 aliphatic carbocycles. The summed E-state index contributed by atoms with van der Waals surface area (Å²) in [5.74, 6) is 2.26. The summed E-state index contributed by atoms with van der Waals surface area (Å²) < 4.78 is 13.0. The summed E-state index contributed by atoms with van der Waals surface area (Å²) in [7, 11) is 0. The van der Waals surface area contributed by atoms with Crippen LogP contribution in [0, 0.1) is 13.8 Å². The summed E-state index contributed by atoms with van der Waals surface area (Å²) in [6.45, 7) is 5.40. The summed E-state index contributed by atoms with van der Waals surface area (Å²) in [4.78, 5) is 16.9. The van der Waals surface area contributed by atoms with Crippen molar-refractivity contribution in [3.8, 4) is 5.75 Å². The molecule has 0 unspecified atom stereocenters. The third-order valence-electron chi connectivity index (χ3n) is 5.31. The minimum Gasteiger partial charge on any atom is -0.489 e. The summed E-state index contributed by atoms with van der Waals surface area (Å²) in [5, 5.41) is 6.89. The van der Waals surface area contributed by atoms with Crippen LogP contribution in [-0.2, 0) is 19.6 Å². The van der Waals surface area contributed by atoms with Gasteiger partial charge in [0.15, 0.2) is 0 Å². The van der Waals surface area contributed by atoms with E-state index >= 15 is 0 Å². The van der Waals surface area contributed by atoms with E-state index in [1.165, 1.54) is 5.56 Å². The van der Waals surface area contributed by atoms with Gasteiger partial charge in [-0.25, -0.2) is 4.98 Å². The number of aryl methyl sites for hydroxylation is 2. The molecule has 0 saturated heterocycles. The first kappa shape index (κ1) is 21.4. The number of aromatic nitrogens is 3. The molecule has 0 spiro atoms. The van der Waals surface area contributed by atoms with Crippen LogP contribution in [0.3, 0.4) is 0 Å². The number of nitrogens with one attached hydrogen (secondary N) is 1. The van der Waals surface area contributed by atoms with E-state index in [-0.39, 0.29) is 5.91 Å². The van der Waals surface area contributed by atoms with E-state index < -0.39 is 0 Å². The molecular weight excluding hydrogens is 404 g/mol. The second-order valence-corrected chi connectivity index (χ2v) is 7.58. The van der Waals surface area contributed by atoms with Crippen LogP contribution in [0.15, 0.2) is 71.5 Å². The zero-order chi connectivity index (χ0) is 22.3. The first-order valence-corrected chi connectivity index (χ1v) is 10.6. The summed E-state index contributed by atoms with van der Waals surface area (Å²) in [6.07, 6.45) is 4.41. The number of amides is 1. The maximum atomic E-state index is 12.5. The van der Waals surface area contributed by atoms with Crippen molar-refractivity contribution in [2.24, 2.45) is 0 Å². The van der Waals surface area contributed by atoms with Crippen molar-refractivity contribution in [2.75, 3.05) is 6.54 Å². The maximum absolute atomic E-state index is 12.5. The quantitative estimate of drug-likeness (QED) is 0.433. The fourth-order valence-corrected chi connectivity index (χ4v) is 3.45. The SMILES string of the molecule is Cc1noc(C)c1COc1ccc(C(=O)NCCc2nccn2Cc2ccccc2)cc1. The van der Waals surface area contributed by atoms with Gasteiger partial charge in [-0.05, 0) is 43.7 Å². The predicted octanol–water partition coefficient (Wildman–Crippen LogP) is 4.09. The van der Waals surface area contributed by atoms with Gasteiger partial charge in [0.1, 0.15) is 23.9 Å². The molecule has 164 valence electrons. The maximum Gasteiger partial charge on any atom is 0.251 e. The van der Waals surface area contributed by atoms with Crippen molar-refractivity contribution < 1.29 is 14.1 Å². The van der Waals surface area contributed by atoms with Crippen LogP contribution in [0.2, 0.25) is 0 Å². The monoisotopic (exact) mass is 430 g/mol. The van der Waals surface area contributed by atoms with Gasteiger partial charge in [0.2, 0.25) is 0 Å². The molecule has 1 amide bonds. The van der Waals surface area contributed by atoms with Crippen LogP contribution in [0.25, 0.3) is 0 Å². The molecule has 2 aromatic carbocycles. The van der Waals surface area contributed by atoms with Gasteiger partial charge >= 0.3 is 0 Å². The molecule has 0 saturated carbocycles. The standard InChI is InChI=1S/C25H26N4O3/c1-18-23(19(2)32-28-18)17-31-22-10-8-21(9-11-22)25(30)27-13-12-24-26-14-15-29(24)16-20-6-4-3-5-7-20/h3-11,14-15H,12-13,16-17H2,1-2H3,(H,27,30). The smallest absolute Gasteiger partial charge is 0.251 e. The van der Waals surface area contributed by atoms with Crippen molar-refractivity contribution in [1.82, 2.24) is 20.0 Å². The van der Waals surface area contributed by atoms with E-state index in [4.69, 9.17) is 9.26 Å². The Labute approximate surface area is 187 Å². The number of benzene rings is 2. The van der Waals surface area contributed by atoms with Crippen LogP contribution in [0.1, 0.15) is 38.8 Å². The molecule has 32 heavy (non-hydrogen) atoms. The molecule has 4 aromatic rings. The van der Waals surface area contributed by atoms with Crippen molar-refractivity contribution in [1.29, 1.82) is 0 Å². The first-order valence-electron chi connectivity index (χ1n) is 10.6. The molecule has 1 N–H and O–H groups in total. The lowest BCUT2D eigenvalue weighted by Crippen LogP contribution is -2.26. The lowest BCUT2D eigenvalue weighted by atomic mass is 10.2. The molecule has 7 heteroatoms. The minimum absolute atomic E-state index is 0.122. The number of hydrogen-bond donors (Lipinski definition) is 1. The number of imidazole rings is 1. The van der Waals surface area contributed by atoms with Crippen LogP contribution in [-0.4, -0.2) is 27.2 Å². The number of rotatable bonds is 9. The van der Waals surface area contributed by atoms with Crippen LogP contribution in [0.4, 0.5) is 0 Å². The molecule has 0 fully saturated rings. The molecule has 2 heterocycles. The average molecular weight is 431 g/mol. The Hall–Kier alpha value is -3.87. The molecule has 0 atom stereocenters. The molecule has 7 nitrogen and oxygen atoms in total. The van der Waals surface area contributed by atoms with Gasteiger partial charge < -0.3 is 19.1 Å². The highest BCUT2D eigenvalue weighted by atomic mass is 16.5. The lowest BCUT2D eigenvalue weighted by Gasteiger charge is -2.10. The van der Waals surface area contributed by atoms with Crippen molar-refractivity contribution in [3.63, 3.8) is 0 Å². The first-order chi connectivity index (χ1) is 15.6. The van der Waals surface area contributed by atoms with E-state index in [1.807, 2.05) is 38.2 Å². The average Bonchev–Trinajstić information content (AvgIpc) is 3.38. The molecule has 2 aromatic heterocycles. The molecule has 0 aliphatic heterocycles.